The van der Waals surface area contributed by atoms with Gasteiger partial charge in [0.1, 0.15) is 5.75 Å². The van der Waals surface area contributed by atoms with Gasteiger partial charge in [-0.1, -0.05) is 17.7 Å². The Kier molecular flexibility index (Phi) is 4.56. The fraction of sp³-hybridized carbons (Fsp3) is 0.533. The minimum Gasteiger partial charge on any atom is -0.496 e. The summed E-state index contributed by atoms with van der Waals surface area (Å²) in [4.78, 5) is 12.3. The second-order valence-electron chi connectivity index (χ2n) is 5.01. The van der Waals surface area contributed by atoms with Crippen LogP contribution in [-0.2, 0) is 16.0 Å². The van der Waals surface area contributed by atoms with Crippen molar-refractivity contribution in [3.05, 3.63) is 29.3 Å². The molecule has 2 atom stereocenters. The Bertz CT molecular complexity index is 459. The van der Waals surface area contributed by atoms with Gasteiger partial charge in [-0.15, -0.1) is 0 Å². The maximum absolute atomic E-state index is 12.3. The first kappa shape index (κ1) is 14.0. The summed E-state index contributed by atoms with van der Waals surface area (Å²) in [6.07, 6.45) is 1.30. The first-order valence-corrected chi connectivity index (χ1v) is 6.56. The summed E-state index contributed by atoms with van der Waals surface area (Å²) in [5.41, 5.74) is 2.09. The first-order chi connectivity index (χ1) is 9.13. The van der Waals surface area contributed by atoms with Crippen LogP contribution in [0.15, 0.2) is 18.2 Å². The van der Waals surface area contributed by atoms with Crippen molar-refractivity contribution in [3.63, 3.8) is 0 Å². The molecule has 0 radical (unpaired) electrons. The summed E-state index contributed by atoms with van der Waals surface area (Å²) in [5, 5.41) is 3.21. The lowest BCUT2D eigenvalue weighted by Gasteiger charge is -2.12. The van der Waals surface area contributed by atoms with E-state index in [1.807, 2.05) is 25.1 Å². The number of Topliss-reactive ketones (excluding diaryl/α,β-unsaturated/α-hetero) is 1. The molecule has 0 aliphatic carbocycles. The van der Waals surface area contributed by atoms with Gasteiger partial charge in [-0.3, -0.25) is 4.79 Å². The molecule has 1 saturated heterocycles. The second-order valence-corrected chi connectivity index (χ2v) is 5.01. The number of rotatable bonds is 5. The lowest BCUT2D eigenvalue weighted by Crippen LogP contribution is -2.32. The fourth-order valence-electron chi connectivity index (χ4n) is 2.48. The maximum atomic E-state index is 12.3. The maximum Gasteiger partial charge on any atom is 0.154 e. The number of aryl methyl sites for hydroxylation is 1. The molecule has 1 heterocycles. The van der Waals surface area contributed by atoms with Crippen LogP contribution in [0.25, 0.3) is 0 Å². The monoisotopic (exact) mass is 263 g/mol. The Labute approximate surface area is 114 Å². The number of ketones is 1. The average molecular weight is 263 g/mol. The highest BCUT2D eigenvalue weighted by atomic mass is 16.5. The number of carbonyl (C=O) groups excluding carboxylic acids is 1. The van der Waals surface area contributed by atoms with E-state index in [9.17, 15) is 4.79 Å². The lowest BCUT2D eigenvalue weighted by atomic mass is 10.00. The second kappa shape index (κ2) is 6.17. The molecule has 19 heavy (non-hydrogen) atoms. The van der Waals surface area contributed by atoms with Gasteiger partial charge in [-0.25, -0.2) is 0 Å². The largest absolute Gasteiger partial charge is 0.496 e. The minimum absolute atomic E-state index is 0.102. The highest BCUT2D eigenvalue weighted by Crippen LogP contribution is 2.22. The van der Waals surface area contributed by atoms with E-state index < -0.39 is 0 Å². The van der Waals surface area contributed by atoms with Crippen molar-refractivity contribution in [2.24, 2.45) is 0 Å². The van der Waals surface area contributed by atoms with Crippen LogP contribution in [0.5, 0.6) is 5.75 Å². The molecule has 2 unspecified atom stereocenters. The molecule has 1 aromatic carbocycles. The van der Waals surface area contributed by atoms with Crippen molar-refractivity contribution in [2.75, 3.05) is 20.8 Å². The summed E-state index contributed by atoms with van der Waals surface area (Å²) < 4.78 is 10.6. The molecular weight excluding hydrogens is 242 g/mol. The van der Waals surface area contributed by atoms with E-state index in [2.05, 4.69) is 5.32 Å². The number of benzene rings is 1. The number of carbonyl (C=O) groups is 1. The van der Waals surface area contributed by atoms with Gasteiger partial charge in [-0.2, -0.15) is 0 Å². The molecule has 1 aliphatic heterocycles. The Morgan fingerprint density at radius 3 is 2.84 bits per heavy atom. The molecule has 0 saturated carbocycles. The molecule has 0 amide bonds. The molecule has 0 aromatic heterocycles. The van der Waals surface area contributed by atoms with E-state index in [0.29, 0.717) is 6.42 Å². The first-order valence-electron chi connectivity index (χ1n) is 6.56. The Balaban J connectivity index is 2.05. The van der Waals surface area contributed by atoms with E-state index >= 15 is 0 Å². The van der Waals surface area contributed by atoms with Gasteiger partial charge < -0.3 is 14.8 Å². The minimum atomic E-state index is -0.102. The SMILES string of the molecule is COc1ccc(C)cc1CC(=O)C1CC(OC)CN1. The number of hydrogen-bond donors (Lipinski definition) is 1. The van der Waals surface area contributed by atoms with Gasteiger partial charge >= 0.3 is 0 Å². The Morgan fingerprint density at radius 2 is 2.21 bits per heavy atom. The topological polar surface area (TPSA) is 47.6 Å². The summed E-state index contributed by atoms with van der Waals surface area (Å²) in [7, 11) is 3.32. The molecular formula is C15H21NO3. The molecule has 1 N–H and O–H groups in total. The van der Waals surface area contributed by atoms with Crippen molar-refractivity contribution in [1.82, 2.24) is 5.32 Å². The third kappa shape index (κ3) is 3.33. The standard InChI is InChI=1S/C15H21NO3/c1-10-4-5-15(19-3)11(6-10)7-14(17)13-8-12(18-2)9-16-13/h4-6,12-13,16H,7-9H2,1-3H3. The zero-order chi connectivity index (χ0) is 13.8. The summed E-state index contributed by atoms with van der Waals surface area (Å²) in [5.74, 6) is 0.976. The van der Waals surface area contributed by atoms with E-state index in [-0.39, 0.29) is 17.9 Å². The summed E-state index contributed by atoms with van der Waals surface area (Å²) in [6.45, 7) is 2.76. The molecule has 0 spiro atoms. The zero-order valence-corrected chi connectivity index (χ0v) is 11.7. The number of methoxy groups -OCH3 is 2. The van der Waals surface area contributed by atoms with Crippen molar-refractivity contribution in [3.8, 4) is 5.75 Å². The zero-order valence-electron chi connectivity index (χ0n) is 11.7. The molecule has 4 nitrogen and oxygen atoms in total. The van der Waals surface area contributed by atoms with E-state index in [0.717, 1.165) is 29.8 Å². The molecule has 0 bridgehead atoms. The Morgan fingerprint density at radius 1 is 1.42 bits per heavy atom. The summed E-state index contributed by atoms with van der Waals surface area (Å²) >= 11 is 0. The molecule has 4 heteroatoms. The number of ether oxygens (including phenoxy) is 2. The van der Waals surface area contributed by atoms with Crippen LogP contribution < -0.4 is 10.1 Å². The number of nitrogens with one attached hydrogen (secondary N) is 1. The fourth-order valence-corrected chi connectivity index (χ4v) is 2.48. The van der Waals surface area contributed by atoms with Crippen molar-refractivity contribution < 1.29 is 14.3 Å². The molecule has 1 aliphatic rings. The third-order valence-electron chi connectivity index (χ3n) is 3.61. The smallest absolute Gasteiger partial charge is 0.154 e. The predicted octanol–water partition coefficient (Wildman–Crippen LogP) is 1.49. The normalized spacial score (nSPS) is 22.5. The van der Waals surface area contributed by atoms with Crippen LogP contribution in [-0.4, -0.2) is 38.7 Å². The average Bonchev–Trinajstić information content (AvgIpc) is 2.88. The van der Waals surface area contributed by atoms with Gasteiger partial charge in [0.2, 0.25) is 0 Å². The third-order valence-corrected chi connectivity index (χ3v) is 3.61. The Hall–Kier alpha value is -1.39. The van der Waals surface area contributed by atoms with Crippen molar-refractivity contribution in [2.45, 2.75) is 31.9 Å². The van der Waals surface area contributed by atoms with Gasteiger partial charge in [0, 0.05) is 25.6 Å². The summed E-state index contributed by atoms with van der Waals surface area (Å²) in [6, 6.07) is 5.81. The highest BCUT2D eigenvalue weighted by Gasteiger charge is 2.29. The molecule has 1 fully saturated rings. The van der Waals surface area contributed by atoms with Crippen molar-refractivity contribution in [1.29, 1.82) is 0 Å². The molecule has 2 rings (SSSR count). The van der Waals surface area contributed by atoms with Gasteiger partial charge in [0.05, 0.1) is 19.3 Å². The van der Waals surface area contributed by atoms with E-state index in [1.165, 1.54) is 0 Å². The van der Waals surface area contributed by atoms with Crippen LogP contribution >= 0.6 is 0 Å². The van der Waals surface area contributed by atoms with Crippen LogP contribution in [0.2, 0.25) is 0 Å². The van der Waals surface area contributed by atoms with Crippen LogP contribution in [0.4, 0.5) is 0 Å². The molecule has 1 aromatic rings. The van der Waals surface area contributed by atoms with Crippen molar-refractivity contribution >= 4 is 5.78 Å². The number of hydrogen-bond acceptors (Lipinski definition) is 4. The van der Waals surface area contributed by atoms with Gasteiger partial charge in [-0.05, 0) is 19.4 Å². The quantitative estimate of drug-likeness (QED) is 0.874. The highest BCUT2D eigenvalue weighted by molar-refractivity contribution is 5.87. The lowest BCUT2D eigenvalue weighted by molar-refractivity contribution is -0.120. The predicted molar refractivity (Wildman–Crippen MR) is 73.6 cm³/mol. The van der Waals surface area contributed by atoms with Crippen LogP contribution in [0, 0.1) is 6.92 Å². The van der Waals surface area contributed by atoms with E-state index in [1.54, 1.807) is 14.2 Å². The van der Waals surface area contributed by atoms with Gasteiger partial charge in [0.15, 0.2) is 5.78 Å². The van der Waals surface area contributed by atoms with Crippen LogP contribution in [0.3, 0.4) is 0 Å². The van der Waals surface area contributed by atoms with Gasteiger partial charge in [0.25, 0.3) is 0 Å². The van der Waals surface area contributed by atoms with Crippen LogP contribution in [0.1, 0.15) is 17.5 Å². The molecule has 104 valence electrons. The van der Waals surface area contributed by atoms with E-state index in [4.69, 9.17) is 9.47 Å².